The average Bonchev–Trinajstić information content (AvgIpc) is 2.63. The first-order chi connectivity index (χ1) is 6.20. The summed E-state index contributed by atoms with van der Waals surface area (Å²) in [5, 5.41) is 0. The summed E-state index contributed by atoms with van der Waals surface area (Å²) in [5.41, 5.74) is 0. The fourth-order valence-electron chi connectivity index (χ4n) is 2.17. The van der Waals surface area contributed by atoms with Gasteiger partial charge >= 0.3 is 0 Å². The minimum absolute atomic E-state index is 0.336. The molecule has 0 N–H and O–H groups in total. The zero-order chi connectivity index (χ0) is 9.84. The third-order valence-corrected chi connectivity index (χ3v) is 3.22. The molecule has 0 aromatic heterocycles. The Morgan fingerprint density at radius 3 is 2.77 bits per heavy atom. The van der Waals surface area contributed by atoms with E-state index in [-0.39, 0.29) is 0 Å². The highest BCUT2D eigenvalue weighted by atomic mass is 16.2. The molecule has 2 nitrogen and oxygen atoms in total. The Balaban J connectivity index is 2.58. The number of carbonyl (C=O) groups excluding carboxylic acids is 1. The fourth-order valence-corrected chi connectivity index (χ4v) is 2.17. The molecule has 0 saturated carbocycles. The number of hydrogen-bond donors (Lipinski definition) is 0. The maximum Gasteiger partial charge on any atom is 0.222 e. The monoisotopic (exact) mass is 183 g/mol. The van der Waals surface area contributed by atoms with Crippen LogP contribution in [0.3, 0.4) is 0 Å². The fraction of sp³-hybridized carbons (Fsp3) is 0.909. The molecule has 0 aliphatic carbocycles. The first kappa shape index (κ1) is 10.6. The summed E-state index contributed by atoms with van der Waals surface area (Å²) < 4.78 is 0. The van der Waals surface area contributed by atoms with Crippen molar-refractivity contribution >= 4 is 5.91 Å². The second-order valence-corrected chi connectivity index (χ2v) is 4.04. The van der Waals surface area contributed by atoms with E-state index >= 15 is 0 Å². The number of carbonyl (C=O) groups is 1. The molecule has 0 bridgehead atoms. The minimum atomic E-state index is 0.336. The van der Waals surface area contributed by atoms with E-state index in [0.717, 1.165) is 6.54 Å². The van der Waals surface area contributed by atoms with E-state index in [2.05, 4.69) is 18.7 Å². The van der Waals surface area contributed by atoms with Crippen molar-refractivity contribution in [2.24, 2.45) is 5.92 Å². The predicted molar refractivity (Wildman–Crippen MR) is 54.5 cm³/mol. The van der Waals surface area contributed by atoms with Crippen LogP contribution in [0.1, 0.15) is 46.5 Å². The van der Waals surface area contributed by atoms with Gasteiger partial charge in [0.1, 0.15) is 0 Å². The van der Waals surface area contributed by atoms with Crippen LogP contribution in [0.4, 0.5) is 0 Å². The number of likely N-dealkylation sites (tertiary alicyclic amines) is 1. The van der Waals surface area contributed by atoms with E-state index in [1.807, 2.05) is 6.92 Å². The lowest BCUT2D eigenvalue weighted by molar-refractivity contribution is -0.132. The lowest BCUT2D eigenvalue weighted by atomic mass is 9.97. The largest absolute Gasteiger partial charge is 0.339 e. The minimum Gasteiger partial charge on any atom is -0.339 e. The molecule has 2 unspecified atom stereocenters. The lowest BCUT2D eigenvalue weighted by Crippen LogP contribution is -2.38. The Kier molecular flexibility index (Phi) is 3.76. The van der Waals surface area contributed by atoms with E-state index in [4.69, 9.17) is 0 Å². The third kappa shape index (κ3) is 2.23. The summed E-state index contributed by atoms with van der Waals surface area (Å²) in [6.45, 7) is 7.40. The molecule has 1 heterocycles. The standard InChI is InChI=1S/C11H21NO/c1-4-9(3)10-7-6-8-12(10)11(13)5-2/h9-10H,4-8H2,1-3H3. The van der Waals surface area contributed by atoms with Gasteiger partial charge in [-0.25, -0.2) is 0 Å². The highest BCUT2D eigenvalue weighted by Gasteiger charge is 2.30. The Morgan fingerprint density at radius 2 is 2.23 bits per heavy atom. The van der Waals surface area contributed by atoms with E-state index in [1.54, 1.807) is 0 Å². The number of hydrogen-bond acceptors (Lipinski definition) is 1. The number of amides is 1. The topological polar surface area (TPSA) is 20.3 Å². The quantitative estimate of drug-likeness (QED) is 0.658. The molecule has 0 spiro atoms. The van der Waals surface area contributed by atoms with Crippen LogP contribution in [-0.2, 0) is 4.79 Å². The van der Waals surface area contributed by atoms with Gasteiger partial charge in [-0.1, -0.05) is 27.2 Å². The zero-order valence-electron chi connectivity index (χ0n) is 9.05. The number of nitrogens with zero attached hydrogens (tertiary/aromatic N) is 1. The molecule has 1 rings (SSSR count). The Bertz CT molecular complexity index is 179. The smallest absolute Gasteiger partial charge is 0.222 e. The van der Waals surface area contributed by atoms with Gasteiger partial charge in [-0.15, -0.1) is 0 Å². The van der Waals surface area contributed by atoms with Crippen LogP contribution in [0.25, 0.3) is 0 Å². The molecule has 76 valence electrons. The Morgan fingerprint density at radius 1 is 1.54 bits per heavy atom. The van der Waals surface area contributed by atoms with Crippen LogP contribution < -0.4 is 0 Å². The molecular weight excluding hydrogens is 162 g/mol. The van der Waals surface area contributed by atoms with E-state index < -0.39 is 0 Å². The Hall–Kier alpha value is -0.530. The molecule has 2 atom stereocenters. The molecule has 1 amide bonds. The molecule has 0 aromatic carbocycles. The van der Waals surface area contributed by atoms with Crippen LogP contribution in [0.5, 0.6) is 0 Å². The summed E-state index contributed by atoms with van der Waals surface area (Å²) in [7, 11) is 0. The van der Waals surface area contributed by atoms with Crippen molar-refractivity contribution < 1.29 is 4.79 Å². The van der Waals surface area contributed by atoms with E-state index in [1.165, 1.54) is 19.3 Å². The van der Waals surface area contributed by atoms with Gasteiger partial charge in [0.05, 0.1) is 0 Å². The molecule has 1 fully saturated rings. The normalized spacial score (nSPS) is 24.8. The van der Waals surface area contributed by atoms with Crippen molar-refractivity contribution in [3.05, 3.63) is 0 Å². The molecule has 1 aliphatic heterocycles. The second kappa shape index (κ2) is 4.64. The molecule has 0 aromatic rings. The predicted octanol–water partition coefficient (Wildman–Crippen LogP) is 2.43. The molecule has 2 heteroatoms. The van der Waals surface area contributed by atoms with Crippen LogP contribution in [-0.4, -0.2) is 23.4 Å². The van der Waals surface area contributed by atoms with Crippen LogP contribution in [0.15, 0.2) is 0 Å². The zero-order valence-corrected chi connectivity index (χ0v) is 9.05. The molecule has 1 saturated heterocycles. The van der Waals surface area contributed by atoms with Gasteiger partial charge in [-0.2, -0.15) is 0 Å². The van der Waals surface area contributed by atoms with Crippen LogP contribution in [0.2, 0.25) is 0 Å². The maximum atomic E-state index is 11.6. The van der Waals surface area contributed by atoms with Gasteiger partial charge in [0, 0.05) is 19.0 Å². The van der Waals surface area contributed by atoms with Crippen molar-refractivity contribution in [3.8, 4) is 0 Å². The van der Waals surface area contributed by atoms with Gasteiger partial charge in [-0.3, -0.25) is 4.79 Å². The van der Waals surface area contributed by atoms with E-state index in [0.29, 0.717) is 24.3 Å². The highest BCUT2D eigenvalue weighted by molar-refractivity contribution is 5.76. The van der Waals surface area contributed by atoms with Crippen molar-refractivity contribution in [1.29, 1.82) is 0 Å². The first-order valence-electron chi connectivity index (χ1n) is 5.50. The van der Waals surface area contributed by atoms with Crippen molar-refractivity contribution in [3.63, 3.8) is 0 Å². The molecular formula is C11H21NO. The summed E-state index contributed by atoms with van der Waals surface area (Å²) in [4.78, 5) is 13.7. The SMILES string of the molecule is CCC(=O)N1CCCC1C(C)CC. The highest BCUT2D eigenvalue weighted by Crippen LogP contribution is 2.26. The van der Waals surface area contributed by atoms with Crippen molar-refractivity contribution in [1.82, 2.24) is 4.90 Å². The van der Waals surface area contributed by atoms with Gasteiger partial charge in [0.2, 0.25) is 5.91 Å². The molecule has 0 radical (unpaired) electrons. The molecule has 1 aliphatic rings. The average molecular weight is 183 g/mol. The maximum absolute atomic E-state index is 11.6. The van der Waals surface area contributed by atoms with Crippen molar-refractivity contribution in [2.45, 2.75) is 52.5 Å². The third-order valence-electron chi connectivity index (χ3n) is 3.22. The van der Waals surface area contributed by atoms with Crippen LogP contribution in [0, 0.1) is 5.92 Å². The van der Waals surface area contributed by atoms with Gasteiger partial charge in [0.15, 0.2) is 0 Å². The lowest BCUT2D eigenvalue weighted by Gasteiger charge is -2.28. The summed E-state index contributed by atoms with van der Waals surface area (Å²) in [6, 6.07) is 0.525. The van der Waals surface area contributed by atoms with Gasteiger partial charge in [-0.05, 0) is 18.8 Å². The van der Waals surface area contributed by atoms with E-state index in [9.17, 15) is 4.79 Å². The van der Waals surface area contributed by atoms with Crippen molar-refractivity contribution in [2.75, 3.05) is 6.54 Å². The first-order valence-corrected chi connectivity index (χ1v) is 5.50. The summed E-state index contributed by atoms with van der Waals surface area (Å²) >= 11 is 0. The second-order valence-electron chi connectivity index (χ2n) is 4.04. The number of rotatable bonds is 3. The Labute approximate surface area is 81.3 Å². The summed E-state index contributed by atoms with van der Waals surface area (Å²) in [5.74, 6) is 1.00. The molecule has 13 heavy (non-hydrogen) atoms. The summed E-state index contributed by atoms with van der Waals surface area (Å²) in [6.07, 6.45) is 4.24. The van der Waals surface area contributed by atoms with Gasteiger partial charge < -0.3 is 4.90 Å². The van der Waals surface area contributed by atoms with Gasteiger partial charge in [0.25, 0.3) is 0 Å². The van der Waals surface area contributed by atoms with Crippen LogP contribution >= 0.6 is 0 Å².